The molecule has 0 aliphatic carbocycles. The molecule has 5 heteroatoms. The minimum absolute atomic E-state index is 0.185. The van der Waals surface area contributed by atoms with Crippen LogP contribution in [-0.2, 0) is 0 Å². The van der Waals surface area contributed by atoms with Crippen LogP contribution in [0.15, 0.2) is 24.3 Å². The van der Waals surface area contributed by atoms with Gasteiger partial charge in [-0.1, -0.05) is 18.2 Å². The minimum Gasteiger partial charge on any atom is -0.405 e. The summed E-state index contributed by atoms with van der Waals surface area (Å²) in [6.45, 7) is 0. The van der Waals surface area contributed by atoms with E-state index in [1.165, 1.54) is 18.2 Å². The van der Waals surface area contributed by atoms with E-state index in [2.05, 4.69) is 14.0 Å². The number of rotatable bonds is 1. The molecule has 0 saturated heterocycles. The van der Waals surface area contributed by atoms with Crippen molar-refractivity contribution in [2.24, 2.45) is 0 Å². The van der Waals surface area contributed by atoms with Crippen molar-refractivity contribution in [2.75, 3.05) is 0 Å². The summed E-state index contributed by atoms with van der Waals surface area (Å²) >= 11 is 0. The van der Waals surface area contributed by atoms with Crippen LogP contribution in [0.2, 0.25) is 0 Å². The van der Waals surface area contributed by atoms with Gasteiger partial charge in [-0.2, -0.15) is 0 Å². The number of para-hydroxylation sites is 1. The summed E-state index contributed by atoms with van der Waals surface area (Å²) < 4.78 is 38.8. The number of benzene rings is 1. The number of alkyl halides is 3. The van der Waals surface area contributed by atoms with Gasteiger partial charge in [0.1, 0.15) is 5.75 Å². The SMILES string of the molecule is FC(F)(F)Oc1ccccc1P. The topological polar surface area (TPSA) is 9.23 Å². The van der Waals surface area contributed by atoms with Crippen LogP contribution in [0.5, 0.6) is 5.75 Å². The summed E-state index contributed by atoms with van der Waals surface area (Å²) in [5, 5.41) is 0.384. The van der Waals surface area contributed by atoms with Crippen LogP contribution in [0.3, 0.4) is 0 Å². The predicted molar refractivity (Wildman–Crippen MR) is 42.5 cm³/mol. The van der Waals surface area contributed by atoms with Crippen molar-refractivity contribution in [1.29, 1.82) is 0 Å². The van der Waals surface area contributed by atoms with Crippen LogP contribution in [0.1, 0.15) is 0 Å². The number of hydrogen-bond donors (Lipinski definition) is 0. The Balaban J connectivity index is 2.83. The molecule has 0 aliphatic heterocycles. The number of hydrogen-bond acceptors (Lipinski definition) is 1. The molecule has 0 radical (unpaired) electrons. The van der Waals surface area contributed by atoms with Crippen LogP contribution < -0.4 is 10.0 Å². The largest absolute Gasteiger partial charge is 0.573 e. The number of halogens is 3. The third-order valence-electron chi connectivity index (χ3n) is 1.14. The summed E-state index contributed by atoms with van der Waals surface area (Å²) in [7, 11) is 2.16. The molecule has 1 aromatic rings. The maximum atomic E-state index is 11.7. The van der Waals surface area contributed by atoms with E-state index in [4.69, 9.17) is 0 Å². The lowest BCUT2D eigenvalue weighted by atomic mass is 10.3. The molecule has 1 rings (SSSR count). The van der Waals surface area contributed by atoms with Gasteiger partial charge in [0.2, 0.25) is 0 Å². The summed E-state index contributed by atoms with van der Waals surface area (Å²) in [6.07, 6.45) is -4.62. The van der Waals surface area contributed by atoms with E-state index in [1.54, 1.807) is 6.07 Å². The zero-order valence-electron chi connectivity index (χ0n) is 5.93. The normalized spacial score (nSPS) is 11.3. The van der Waals surface area contributed by atoms with Crippen molar-refractivity contribution in [3.05, 3.63) is 24.3 Å². The molecule has 66 valence electrons. The Kier molecular flexibility index (Phi) is 2.58. The van der Waals surface area contributed by atoms with Crippen molar-refractivity contribution in [2.45, 2.75) is 6.36 Å². The summed E-state index contributed by atoms with van der Waals surface area (Å²) in [6, 6.07) is 5.89. The van der Waals surface area contributed by atoms with E-state index in [0.29, 0.717) is 5.30 Å². The molecule has 0 fully saturated rings. The molecular formula is C7H6F3OP. The summed E-state index contributed by atoms with van der Waals surface area (Å²) in [5.74, 6) is -0.185. The van der Waals surface area contributed by atoms with Gasteiger partial charge in [0.15, 0.2) is 0 Å². The monoisotopic (exact) mass is 194 g/mol. The van der Waals surface area contributed by atoms with Gasteiger partial charge in [-0.15, -0.1) is 22.4 Å². The molecule has 0 aromatic heterocycles. The molecule has 0 bridgehead atoms. The van der Waals surface area contributed by atoms with E-state index in [1.807, 2.05) is 0 Å². The van der Waals surface area contributed by atoms with Gasteiger partial charge in [-0.25, -0.2) is 0 Å². The quantitative estimate of drug-likeness (QED) is 0.622. The molecule has 0 saturated carbocycles. The van der Waals surface area contributed by atoms with Gasteiger partial charge in [-0.3, -0.25) is 0 Å². The molecule has 1 unspecified atom stereocenters. The van der Waals surface area contributed by atoms with Crippen LogP contribution in [0, 0.1) is 0 Å². The van der Waals surface area contributed by atoms with Gasteiger partial charge in [0.25, 0.3) is 0 Å². The highest BCUT2D eigenvalue weighted by Gasteiger charge is 2.31. The highest BCUT2D eigenvalue weighted by Crippen LogP contribution is 2.21. The lowest BCUT2D eigenvalue weighted by molar-refractivity contribution is -0.274. The first-order valence-corrected chi connectivity index (χ1v) is 3.67. The van der Waals surface area contributed by atoms with Gasteiger partial charge < -0.3 is 4.74 Å². The van der Waals surface area contributed by atoms with Gasteiger partial charge in [0, 0.05) is 5.30 Å². The van der Waals surface area contributed by atoms with Crippen LogP contribution in [0.4, 0.5) is 13.2 Å². The standard InChI is InChI=1S/C7H6F3OP/c8-7(9,10)11-5-3-1-2-4-6(5)12/h1-4H,12H2. The lowest BCUT2D eigenvalue weighted by Crippen LogP contribution is -2.19. The molecule has 0 heterocycles. The zero-order chi connectivity index (χ0) is 9.19. The van der Waals surface area contributed by atoms with E-state index < -0.39 is 6.36 Å². The average Bonchev–Trinajstić information content (AvgIpc) is 1.91. The summed E-state index contributed by atoms with van der Waals surface area (Å²) in [4.78, 5) is 0. The van der Waals surface area contributed by atoms with Crippen molar-refractivity contribution in [3.63, 3.8) is 0 Å². The highest BCUT2D eigenvalue weighted by molar-refractivity contribution is 7.27. The molecule has 0 N–H and O–H groups in total. The first-order chi connectivity index (χ1) is 5.49. The van der Waals surface area contributed by atoms with Crippen molar-refractivity contribution in [3.8, 4) is 5.75 Å². The fourth-order valence-corrected chi connectivity index (χ4v) is 0.964. The smallest absolute Gasteiger partial charge is 0.405 e. The van der Waals surface area contributed by atoms with Crippen molar-refractivity contribution < 1.29 is 17.9 Å². The minimum atomic E-state index is -4.62. The van der Waals surface area contributed by atoms with Crippen LogP contribution >= 0.6 is 9.24 Å². The van der Waals surface area contributed by atoms with Crippen LogP contribution in [0.25, 0.3) is 0 Å². The van der Waals surface area contributed by atoms with Gasteiger partial charge in [-0.05, 0) is 6.07 Å². The van der Waals surface area contributed by atoms with Crippen molar-refractivity contribution in [1.82, 2.24) is 0 Å². The Labute approximate surface area is 69.7 Å². The van der Waals surface area contributed by atoms with Crippen molar-refractivity contribution >= 4 is 14.5 Å². The number of ether oxygens (including phenoxy) is 1. The lowest BCUT2D eigenvalue weighted by Gasteiger charge is -2.09. The Morgan fingerprint density at radius 3 is 2.25 bits per heavy atom. The average molecular weight is 194 g/mol. The Morgan fingerprint density at radius 2 is 1.75 bits per heavy atom. The van der Waals surface area contributed by atoms with E-state index in [0.717, 1.165) is 0 Å². The molecule has 0 spiro atoms. The Hall–Kier alpha value is -0.760. The molecule has 0 amide bonds. The van der Waals surface area contributed by atoms with E-state index >= 15 is 0 Å². The molecular weight excluding hydrogens is 188 g/mol. The molecule has 12 heavy (non-hydrogen) atoms. The Morgan fingerprint density at radius 1 is 1.17 bits per heavy atom. The first kappa shape index (κ1) is 9.33. The molecule has 1 atom stereocenters. The maximum Gasteiger partial charge on any atom is 0.573 e. The molecule has 0 aliphatic rings. The second kappa shape index (κ2) is 3.31. The van der Waals surface area contributed by atoms with E-state index in [9.17, 15) is 13.2 Å². The van der Waals surface area contributed by atoms with E-state index in [-0.39, 0.29) is 5.75 Å². The Bertz CT molecular complexity index is 272. The van der Waals surface area contributed by atoms with Crippen LogP contribution in [-0.4, -0.2) is 6.36 Å². The summed E-state index contributed by atoms with van der Waals surface area (Å²) in [5.41, 5.74) is 0. The second-order valence-corrected chi connectivity index (χ2v) is 2.71. The molecule has 1 nitrogen and oxygen atoms in total. The molecule has 1 aromatic carbocycles. The van der Waals surface area contributed by atoms with Gasteiger partial charge >= 0.3 is 6.36 Å². The third kappa shape index (κ3) is 2.70. The second-order valence-electron chi connectivity index (χ2n) is 2.09. The fourth-order valence-electron chi connectivity index (χ4n) is 0.698. The van der Waals surface area contributed by atoms with Gasteiger partial charge in [0.05, 0.1) is 0 Å². The fraction of sp³-hybridized carbons (Fsp3) is 0.143. The third-order valence-corrected chi connectivity index (χ3v) is 1.62. The maximum absolute atomic E-state index is 11.7. The zero-order valence-corrected chi connectivity index (χ0v) is 7.08. The predicted octanol–water partition coefficient (Wildman–Crippen LogP) is 2.09. The first-order valence-electron chi connectivity index (χ1n) is 3.09. The highest BCUT2D eigenvalue weighted by atomic mass is 31.0.